The van der Waals surface area contributed by atoms with E-state index in [-0.39, 0.29) is 0 Å². The second-order valence-corrected chi connectivity index (χ2v) is 2.97. The van der Waals surface area contributed by atoms with Crippen molar-refractivity contribution in [3.63, 3.8) is 0 Å². The van der Waals surface area contributed by atoms with Crippen LogP contribution >= 0.6 is 0 Å². The Morgan fingerprint density at radius 3 is 3.00 bits per heavy atom. The molecule has 5 nitrogen and oxygen atoms in total. The summed E-state index contributed by atoms with van der Waals surface area (Å²) in [6, 6.07) is 1.93. The standard InChI is InChI=1S/C9H11N5/c1-7-2-3-12-9(8(7)4-10)14-6-11-5-13-14/h2-3,5-6H,4,10H2,1H3. The van der Waals surface area contributed by atoms with Crippen LogP contribution in [-0.2, 0) is 6.54 Å². The van der Waals surface area contributed by atoms with Crippen LogP contribution in [0.5, 0.6) is 0 Å². The fraction of sp³-hybridized carbons (Fsp3) is 0.222. The van der Waals surface area contributed by atoms with Crippen LogP contribution in [0.15, 0.2) is 24.9 Å². The van der Waals surface area contributed by atoms with Gasteiger partial charge in [0, 0.05) is 18.3 Å². The quantitative estimate of drug-likeness (QED) is 0.743. The van der Waals surface area contributed by atoms with Crippen LogP contribution in [0, 0.1) is 6.92 Å². The Morgan fingerprint density at radius 2 is 2.36 bits per heavy atom. The van der Waals surface area contributed by atoms with Crippen molar-refractivity contribution in [2.75, 3.05) is 0 Å². The Kier molecular flexibility index (Phi) is 2.24. The molecule has 0 saturated heterocycles. The van der Waals surface area contributed by atoms with Crippen molar-refractivity contribution in [3.8, 4) is 5.82 Å². The maximum atomic E-state index is 5.66. The van der Waals surface area contributed by atoms with Gasteiger partial charge in [0.1, 0.15) is 12.7 Å². The van der Waals surface area contributed by atoms with E-state index in [1.807, 2.05) is 13.0 Å². The van der Waals surface area contributed by atoms with E-state index in [2.05, 4.69) is 15.1 Å². The summed E-state index contributed by atoms with van der Waals surface area (Å²) in [6.45, 7) is 2.46. The van der Waals surface area contributed by atoms with Gasteiger partial charge < -0.3 is 5.73 Å². The molecular weight excluding hydrogens is 178 g/mol. The van der Waals surface area contributed by atoms with Crippen LogP contribution in [-0.4, -0.2) is 19.7 Å². The summed E-state index contributed by atoms with van der Waals surface area (Å²) in [4.78, 5) is 8.11. The minimum absolute atomic E-state index is 0.453. The summed E-state index contributed by atoms with van der Waals surface area (Å²) in [5.41, 5.74) is 7.77. The second-order valence-electron chi connectivity index (χ2n) is 2.97. The lowest BCUT2D eigenvalue weighted by atomic mass is 10.1. The first-order chi connectivity index (χ1) is 6.83. The first-order valence-electron chi connectivity index (χ1n) is 4.32. The van der Waals surface area contributed by atoms with E-state index < -0.39 is 0 Å². The Labute approximate surface area is 81.6 Å². The molecule has 0 spiro atoms. The smallest absolute Gasteiger partial charge is 0.159 e. The van der Waals surface area contributed by atoms with Crippen molar-refractivity contribution >= 4 is 0 Å². The van der Waals surface area contributed by atoms with Crippen LogP contribution in [0.25, 0.3) is 5.82 Å². The van der Waals surface area contributed by atoms with Gasteiger partial charge in [0.05, 0.1) is 0 Å². The minimum Gasteiger partial charge on any atom is -0.326 e. The van der Waals surface area contributed by atoms with Crippen LogP contribution in [0.2, 0.25) is 0 Å². The molecule has 2 N–H and O–H groups in total. The second kappa shape index (κ2) is 3.55. The van der Waals surface area contributed by atoms with E-state index >= 15 is 0 Å². The third-order valence-corrected chi connectivity index (χ3v) is 2.11. The van der Waals surface area contributed by atoms with Crippen molar-refractivity contribution < 1.29 is 0 Å². The maximum absolute atomic E-state index is 5.66. The molecule has 0 aliphatic heterocycles. The van der Waals surface area contributed by atoms with Crippen LogP contribution in [0.3, 0.4) is 0 Å². The first kappa shape index (κ1) is 8.83. The first-order valence-corrected chi connectivity index (χ1v) is 4.32. The zero-order valence-electron chi connectivity index (χ0n) is 7.88. The molecule has 0 aliphatic carbocycles. The number of hydrogen-bond acceptors (Lipinski definition) is 4. The summed E-state index contributed by atoms with van der Waals surface area (Å²) in [5, 5.41) is 4.02. The molecule has 5 heteroatoms. The van der Waals surface area contributed by atoms with Crippen molar-refractivity contribution in [1.82, 2.24) is 19.7 Å². The van der Waals surface area contributed by atoms with E-state index in [1.54, 1.807) is 17.2 Å². The highest BCUT2D eigenvalue weighted by atomic mass is 15.3. The van der Waals surface area contributed by atoms with Crippen LogP contribution in [0.4, 0.5) is 0 Å². The lowest BCUT2D eigenvalue weighted by Crippen LogP contribution is -2.08. The van der Waals surface area contributed by atoms with Crippen LogP contribution < -0.4 is 5.73 Å². The number of aryl methyl sites for hydroxylation is 1. The van der Waals surface area contributed by atoms with E-state index in [1.165, 1.54) is 6.33 Å². The van der Waals surface area contributed by atoms with Gasteiger partial charge in [0.2, 0.25) is 0 Å². The van der Waals surface area contributed by atoms with E-state index in [4.69, 9.17) is 5.73 Å². The molecule has 2 rings (SSSR count). The highest BCUT2D eigenvalue weighted by molar-refractivity contribution is 5.38. The van der Waals surface area contributed by atoms with E-state index in [0.29, 0.717) is 6.54 Å². The molecule has 0 aromatic carbocycles. The third kappa shape index (κ3) is 1.38. The van der Waals surface area contributed by atoms with E-state index in [9.17, 15) is 0 Å². The lowest BCUT2D eigenvalue weighted by Gasteiger charge is -2.08. The van der Waals surface area contributed by atoms with Gasteiger partial charge in [-0.2, -0.15) is 5.10 Å². The fourth-order valence-corrected chi connectivity index (χ4v) is 1.34. The van der Waals surface area contributed by atoms with Crippen LogP contribution in [0.1, 0.15) is 11.1 Å². The molecule has 2 aromatic heterocycles. The Balaban J connectivity index is 2.58. The average Bonchev–Trinajstić information content (AvgIpc) is 2.70. The minimum atomic E-state index is 0.453. The molecule has 0 saturated carbocycles. The number of nitrogens with two attached hydrogens (primary N) is 1. The van der Waals surface area contributed by atoms with Crippen molar-refractivity contribution in [2.45, 2.75) is 13.5 Å². The molecule has 0 amide bonds. The zero-order chi connectivity index (χ0) is 9.97. The maximum Gasteiger partial charge on any atom is 0.159 e. The number of aromatic nitrogens is 4. The summed E-state index contributed by atoms with van der Waals surface area (Å²) in [6.07, 6.45) is 4.83. The molecule has 0 atom stereocenters. The van der Waals surface area contributed by atoms with Gasteiger partial charge in [-0.1, -0.05) is 0 Å². The molecule has 0 unspecified atom stereocenters. The monoisotopic (exact) mass is 189 g/mol. The molecule has 14 heavy (non-hydrogen) atoms. The van der Waals surface area contributed by atoms with Gasteiger partial charge in [-0.25, -0.2) is 14.6 Å². The van der Waals surface area contributed by atoms with Gasteiger partial charge in [-0.3, -0.25) is 0 Å². The number of nitrogens with zero attached hydrogens (tertiary/aromatic N) is 4. The molecule has 72 valence electrons. The highest BCUT2D eigenvalue weighted by Gasteiger charge is 2.07. The predicted octanol–water partition coefficient (Wildman–Crippen LogP) is 0.429. The van der Waals surface area contributed by atoms with Crippen molar-refractivity contribution in [3.05, 3.63) is 36.0 Å². The highest BCUT2D eigenvalue weighted by Crippen LogP contribution is 2.13. The zero-order valence-corrected chi connectivity index (χ0v) is 7.88. The Hall–Kier alpha value is -1.75. The normalized spacial score (nSPS) is 10.4. The van der Waals surface area contributed by atoms with Gasteiger partial charge in [-0.05, 0) is 18.6 Å². The van der Waals surface area contributed by atoms with Crippen molar-refractivity contribution in [1.29, 1.82) is 0 Å². The number of rotatable bonds is 2. The summed E-state index contributed by atoms with van der Waals surface area (Å²) in [7, 11) is 0. The molecular formula is C9H11N5. The molecule has 0 fully saturated rings. The van der Waals surface area contributed by atoms with Crippen molar-refractivity contribution in [2.24, 2.45) is 5.73 Å². The molecule has 0 bridgehead atoms. The fourth-order valence-electron chi connectivity index (χ4n) is 1.34. The SMILES string of the molecule is Cc1ccnc(-n2cncn2)c1CN. The van der Waals surface area contributed by atoms with Gasteiger partial charge in [0.25, 0.3) is 0 Å². The third-order valence-electron chi connectivity index (χ3n) is 2.11. The Bertz CT molecular complexity index is 421. The molecule has 0 radical (unpaired) electrons. The molecule has 0 aliphatic rings. The van der Waals surface area contributed by atoms with Gasteiger partial charge in [-0.15, -0.1) is 0 Å². The lowest BCUT2D eigenvalue weighted by molar-refractivity contribution is 0.818. The summed E-state index contributed by atoms with van der Waals surface area (Å²) in [5.74, 6) is 0.755. The molecule has 2 heterocycles. The number of pyridine rings is 1. The largest absolute Gasteiger partial charge is 0.326 e. The Morgan fingerprint density at radius 1 is 1.50 bits per heavy atom. The molecule has 2 aromatic rings. The van der Waals surface area contributed by atoms with E-state index in [0.717, 1.165) is 16.9 Å². The van der Waals surface area contributed by atoms with Gasteiger partial charge in [0.15, 0.2) is 5.82 Å². The predicted molar refractivity (Wildman–Crippen MR) is 51.8 cm³/mol. The summed E-state index contributed by atoms with van der Waals surface area (Å²) >= 11 is 0. The average molecular weight is 189 g/mol. The number of hydrogen-bond donors (Lipinski definition) is 1. The van der Waals surface area contributed by atoms with Gasteiger partial charge >= 0.3 is 0 Å². The topological polar surface area (TPSA) is 69.6 Å². The summed E-state index contributed by atoms with van der Waals surface area (Å²) < 4.78 is 1.62.